The van der Waals surface area contributed by atoms with Crippen molar-refractivity contribution in [3.05, 3.63) is 59.4 Å². The summed E-state index contributed by atoms with van der Waals surface area (Å²) in [5.74, 6) is -1.95. The van der Waals surface area contributed by atoms with E-state index >= 15 is 0 Å². The molecule has 0 aromatic heterocycles. The van der Waals surface area contributed by atoms with Gasteiger partial charge in [0.1, 0.15) is 5.75 Å². The van der Waals surface area contributed by atoms with Crippen LogP contribution in [0.25, 0.3) is 0 Å². The smallest absolute Gasteiger partial charge is 0.311 e. The predicted octanol–water partition coefficient (Wildman–Crippen LogP) is 3.77. The fourth-order valence-corrected chi connectivity index (χ4v) is 1.78. The highest BCUT2D eigenvalue weighted by Gasteiger charge is 2.13. The molecule has 0 N–H and O–H groups in total. The van der Waals surface area contributed by atoms with Crippen LogP contribution in [0.1, 0.15) is 12.8 Å². The van der Waals surface area contributed by atoms with Crippen LogP contribution in [0.3, 0.4) is 0 Å². The van der Waals surface area contributed by atoms with Crippen molar-refractivity contribution in [2.45, 2.75) is 12.8 Å². The number of ether oxygens (including phenoxy) is 2. The Morgan fingerprint density at radius 2 is 1.36 bits per heavy atom. The number of benzene rings is 2. The van der Waals surface area contributed by atoms with E-state index in [1.807, 2.05) is 0 Å². The van der Waals surface area contributed by atoms with E-state index in [1.54, 1.807) is 18.2 Å². The van der Waals surface area contributed by atoms with Crippen LogP contribution in [-0.4, -0.2) is 11.9 Å². The summed E-state index contributed by atoms with van der Waals surface area (Å²) in [7, 11) is 0. The predicted molar refractivity (Wildman–Crippen MR) is 78.4 cm³/mol. The van der Waals surface area contributed by atoms with Gasteiger partial charge in [0.25, 0.3) is 0 Å². The highest BCUT2D eigenvalue weighted by atomic mass is 35.5. The molecular formula is C16H12ClFO4. The maximum atomic E-state index is 13.3. The summed E-state index contributed by atoms with van der Waals surface area (Å²) in [6, 6.07) is 12.0. The van der Waals surface area contributed by atoms with Crippen LogP contribution in [0.15, 0.2) is 48.5 Å². The van der Waals surface area contributed by atoms with Crippen LogP contribution < -0.4 is 9.47 Å². The molecular weight excluding hydrogens is 311 g/mol. The van der Waals surface area contributed by atoms with Gasteiger partial charge in [-0.1, -0.05) is 35.9 Å². The van der Waals surface area contributed by atoms with Gasteiger partial charge in [-0.15, -0.1) is 0 Å². The topological polar surface area (TPSA) is 52.6 Å². The molecule has 0 fully saturated rings. The van der Waals surface area contributed by atoms with Gasteiger partial charge >= 0.3 is 11.9 Å². The number of para-hydroxylation sites is 2. The van der Waals surface area contributed by atoms with E-state index in [9.17, 15) is 14.0 Å². The normalized spacial score (nSPS) is 10.1. The van der Waals surface area contributed by atoms with Gasteiger partial charge in [0.15, 0.2) is 11.6 Å². The summed E-state index contributed by atoms with van der Waals surface area (Å²) in [5.41, 5.74) is 0. The van der Waals surface area contributed by atoms with Crippen molar-refractivity contribution in [2.24, 2.45) is 0 Å². The van der Waals surface area contributed by atoms with Crippen molar-refractivity contribution in [1.82, 2.24) is 0 Å². The Balaban J connectivity index is 1.82. The maximum Gasteiger partial charge on any atom is 0.311 e. The molecule has 0 saturated carbocycles. The zero-order valence-electron chi connectivity index (χ0n) is 11.4. The van der Waals surface area contributed by atoms with E-state index in [0.29, 0.717) is 5.02 Å². The van der Waals surface area contributed by atoms with Crippen molar-refractivity contribution < 1.29 is 23.5 Å². The van der Waals surface area contributed by atoms with Crippen molar-refractivity contribution in [2.75, 3.05) is 0 Å². The summed E-state index contributed by atoms with van der Waals surface area (Å²) < 4.78 is 23.1. The Morgan fingerprint density at radius 1 is 0.864 bits per heavy atom. The minimum Gasteiger partial charge on any atom is -0.425 e. The molecule has 2 rings (SSSR count). The molecule has 0 aliphatic rings. The average molecular weight is 323 g/mol. The summed E-state index contributed by atoms with van der Waals surface area (Å²) >= 11 is 5.85. The Kier molecular flexibility index (Phi) is 5.49. The van der Waals surface area contributed by atoms with E-state index in [4.69, 9.17) is 21.1 Å². The molecule has 0 heterocycles. The lowest BCUT2D eigenvalue weighted by atomic mass is 10.3. The van der Waals surface area contributed by atoms with Crippen LogP contribution in [0.2, 0.25) is 5.02 Å². The number of hydrogen-bond donors (Lipinski definition) is 0. The van der Waals surface area contributed by atoms with Gasteiger partial charge in [0.2, 0.25) is 0 Å². The Bertz CT molecular complexity index is 628. The fourth-order valence-electron chi connectivity index (χ4n) is 1.61. The van der Waals surface area contributed by atoms with E-state index in [1.165, 1.54) is 30.3 Å². The highest BCUT2D eigenvalue weighted by molar-refractivity contribution is 6.32. The van der Waals surface area contributed by atoms with Crippen LogP contribution in [-0.2, 0) is 9.59 Å². The van der Waals surface area contributed by atoms with Gasteiger partial charge in [-0.25, -0.2) is 4.39 Å². The van der Waals surface area contributed by atoms with Gasteiger partial charge in [-0.3, -0.25) is 9.59 Å². The third-order valence-corrected chi connectivity index (χ3v) is 2.97. The van der Waals surface area contributed by atoms with Crippen molar-refractivity contribution >= 4 is 23.5 Å². The minimum absolute atomic E-state index is 0.174. The second-order valence-corrected chi connectivity index (χ2v) is 4.72. The molecule has 4 nitrogen and oxygen atoms in total. The fraction of sp³-hybridized carbons (Fsp3) is 0.125. The van der Waals surface area contributed by atoms with Crippen molar-refractivity contribution in [3.63, 3.8) is 0 Å². The number of carbonyl (C=O) groups is 2. The molecule has 2 aromatic carbocycles. The van der Waals surface area contributed by atoms with E-state index in [0.717, 1.165) is 0 Å². The number of esters is 2. The Hall–Kier alpha value is -2.40. The molecule has 0 atom stereocenters. The third-order valence-electron chi connectivity index (χ3n) is 2.65. The van der Waals surface area contributed by atoms with Gasteiger partial charge in [-0.05, 0) is 24.3 Å². The minimum atomic E-state index is -0.721. The van der Waals surface area contributed by atoms with Crippen LogP contribution in [0.4, 0.5) is 4.39 Å². The first-order valence-electron chi connectivity index (χ1n) is 6.46. The van der Waals surface area contributed by atoms with Crippen LogP contribution in [0.5, 0.6) is 11.5 Å². The lowest BCUT2D eigenvalue weighted by Gasteiger charge is -2.06. The first-order chi connectivity index (χ1) is 10.6. The highest BCUT2D eigenvalue weighted by Crippen LogP contribution is 2.23. The number of hydrogen-bond acceptors (Lipinski definition) is 4. The zero-order valence-corrected chi connectivity index (χ0v) is 12.2. The number of carbonyl (C=O) groups excluding carboxylic acids is 2. The monoisotopic (exact) mass is 322 g/mol. The zero-order chi connectivity index (χ0) is 15.9. The SMILES string of the molecule is O=C(CCC(=O)Oc1ccccc1Cl)Oc1ccccc1F. The van der Waals surface area contributed by atoms with E-state index in [2.05, 4.69) is 0 Å². The molecule has 0 saturated heterocycles. The molecule has 114 valence electrons. The second kappa shape index (κ2) is 7.56. The molecule has 0 radical (unpaired) electrons. The molecule has 0 unspecified atom stereocenters. The first kappa shape index (κ1) is 16.0. The number of halogens is 2. The second-order valence-electron chi connectivity index (χ2n) is 4.31. The van der Waals surface area contributed by atoms with Crippen molar-refractivity contribution in [3.8, 4) is 11.5 Å². The molecule has 0 aliphatic heterocycles. The summed E-state index contributed by atoms with van der Waals surface area (Å²) in [6.07, 6.45) is -0.421. The summed E-state index contributed by atoms with van der Waals surface area (Å²) in [5, 5.41) is 0.296. The standard InChI is InChI=1S/C16H12ClFO4/c17-11-5-1-3-7-13(11)21-15(19)9-10-16(20)22-14-8-4-2-6-12(14)18/h1-8H,9-10H2. The molecule has 22 heavy (non-hydrogen) atoms. The summed E-state index contributed by atoms with van der Waals surface area (Å²) in [6.45, 7) is 0. The molecule has 0 aliphatic carbocycles. The van der Waals surface area contributed by atoms with E-state index < -0.39 is 17.8 Å². The summed E-state index contributed by atoms with van der Waals surface area (Å²) in [4.78, 5) is 23.2. The Morgan fingerprint density at radius 3 is 1.95 bits per heavy atom. The quantitative estimate of drug-likeness (QED) is 0.621. The molecule has 0 spiro atoms. The van der Waals surface area contributed by atoms with Crippen LogP contribution in [0, 0.1) is 5.82 Å². The van der Waals surface area contributed by atoms with Gasteiger partial charge in [0, 0.05) is 0 Å². The third kappa shape index (κ3) is 4.56. The van der Waals surface area contributed by atoms with Crippen LogP contribution >= 0.6 is 11.6 Å². The van der Waals surface area contributed by atoms with E-state index in [-0.39, 0.29) is 24.3 Å². The first-order valence-corrected chi connectivity index (χ1v) is 6.84. The van der Waals surface area contributed by atoms with Gasteiger partial charge in [0.05, 0.1) is 17.9 Å². The molecule has 6 heteroatoms. The lowest BCUT2D eigenvalue weighted by molar-refractivity contribution is -0.140. The molecule has 2 aromatic rings. The Labute approximate surface area is 131 Å². The maximum absolute atomic E-state index is 13.3. The van der Waals surface area contributed by atoms with Crippen molar-refractivity contribution in [1.29, 1.82) is 0 Å². The average Bonchev–Trinajstić information content (AvgIpc) is 2.50. The van der Waals surface area contributed by atoms with Gasteiger partial charge in [-0.2, -0.15) is 0 Å². The lowest BCUT2D eigenvalue weighted by Crippen LogP contribution is -2.14. The molecule has 0 bridgehead atoms. The number of rotatable bonds is 5. The van der Waals surface area contributed by atoms with Gasteiger partial charge < -0.3 is 9.47 Å². The molecule has 0 amide bonds. The largest absolute Gasteiger partial charge is 0.425 e.